The van der Waals surface area contributed by atoms with E-state index in [0.717, 1.165) is 28.3 Å². The molecular weight excluding hydrogens is 362 g/mol. The number of methoxy groups -OCH3 is 1. The molecule has 0 aliphatic carbocycles. The van der Waals surface area contributed by atoms with Crippen molar-refractivity contribution in [2.45, 2.75) is 19.6 Å². The van der Waals surface area contributed by atoms with Gasteiger partial charge in [-0.05, 0) is 42.3 Å². The molecule has 0 aliphatic heterocycles. The van der Waals surface area contributed by atoms with Gasteiger partial charge in [-0.2, -0.15) is 5.10 Å². The van der Waals surface area contributed by atoms with Gasteiger partial charge in [0.25, 0.3) is 0 Å². The monoisotopic (exact) mass is 385 g/mol. The van der Waals surface area contributed by atoms with Crippen molar-refractivity contribution >= 4 is 35.0 Å². The van der Waals surface area contributed by atoms with Gasteiger partial charge in [-0.15, -0.1) is 11.8 Å². The van der Waals surface area contributed by atoms with Crippen molar-refractivity contribution in [3.63, 3.8) is 0 Å². The van der Waals surface area contributed by atoms with Gasteiger partial charge in [0, 0.05) is 18.4 Å². The van der Waals surface area contributed by atoms with E-state index in [0.29, 0.717) is 11.5 Å². The topological polar surface area (TPSA) is 79.8 Å². The number of nitrogens with one attached hydrogen (secondary N) is 2. The van der Waals surface area contributed by atoms with Crippen LogP contribution in [0.5, 0.6) is 5.75 Å². The van der Waals surface area contributed by atoms with Crippen LogP contribution in [0.15, 0.2) is 53.6 Å². The SMILES string of the molecule is COc1ccc(CSCC(=O)NN=C(C)c2ccc(NC(C)=O)cc2)cc1. The summed E-state index contributed by atoms with van der Waals surface area (Å²) in [6.45, 7) is 3.28. The molecule has 0 bridgehead atoms. The molecule has 0 radical (unpaired) electrons. The molecular formula is C20H23N3O3S. The molecule has 2 aromatic rings. The number of carbonyl (C=O) groups excluding carboxylic acids is 2. The largest absolute Gasteiger partial charge is 0.497 e. The number of hydrazone groups is 1. The summed E-state index contributed by atoms with van der Waals surface area (Å²) in [4.78, 5) is 23.0. The number of nitrogens with zero attached hydrogens (tertiary/aromatic N) is 1. The highest BCUT2D eigenvalue weighted by Crippen LogP contribution is 2.16. The molecule has 27 heavy (non-hydrogen) atoms. The lowest BCUT2D eigenvalue weighted by atomic mass is 10.1. The van der Waals surface area contributed by atoms with Crippen molar-refractivity contribution in [2.75, 3.05) is 18.2 Å². The standard InChI is InChI=1S/C20H23N3O3S/c1-14(17-6-8-18(9-7-17)21-15(2)24)22-23-20(25)13-27-12-16-4-10-19(26-3)11-5-16/h4-11H,12-13H2,1-3H3,(H,21,24)(H,23,25). The fourth-order valence-corrected chi connectivity index (χ4v) is 3.00. The van der Waals surface area contributed by atoms with E-state index in [4.69, 9.17) is 4.74 Å². The maximum atomic E-state index is 11.9. The minimum Gasteiger partial charge on any atom is -0.497 e. The average Bonchev–Trinajstić information content (AvgIpc) is 2.67. The summed E-state index contributed by atoms with van der Waals surface area (Å²) in [5, 5.41) is 6.84. The molecule has 2 aromatic carbocycles. The summed E-state index contributed by atoms with van der Waals surface area (Å²) < 4.78 is 5.12. The van der Waals surface area contributed by atoms with E-state index in [1.807, 2.05) is 43.3 Å². The highest BCUT2D eigenvalue weighted by Gasteiger charge is 2.03. The lowest BCUT2D eigenvalue weighted by Crippen LogP contribution is -2.21. The van der Waals surface area contributed by atoms with Gasteiger partial charge in [-0.25, -0.2) is 5.43 Å². The Morgan fingerprint density at radius 2 is 1.70 bits per heavy atom. The predicted molar refractivity (Wildman–Crippen MR) is 110 cm³/mol. The number of carbonyl (C=O) groups is 2. The summed E-state index contributed by atoms with van der Waals surface area (Å²) in [6.07, 6.45) is 0. The van der Waals surface area contributed by atoms with Gasteiger partial charge >= 0.3 is 0 Å². The van der Waals surface area contributed by atoms with Crippen LogP contribution in [-0.2, 0) is 15.3 Å². The van der Waals surface area contributed by atoms with E-state index in [1.165, 1.54) is 18.7 Å². The van der Waals surface area contributed by atoms with Crippen LogP contribution >= 0.6 is 11.8 Å². The number of hydrogen-bond donors (Lipinski definition) is 2. The summed E-state index contributed by atoms with van der Waals surface area (Å²) in [7, 11) is 1.63. The Morgan fingerprint density at radius 3 is 2.30 bits per heavy atom. The zero-order chi connectivity index (χ0) is 19.6. The zero-order valence-corrected chi connectivity index (χ0v) is 16.4. The van der Waals surface area contributed by atoms with Crippen molar-refractivity contribution < 1.29 is 14.3 Å². The summed E-state index contributed by atoms with van der Waals surface area (Å²) in [5.41, 5.74) is 5.99. The Bertz CT molecular complexity index is 802. The average molecular weight is 385 g/mol. The van der Waals surface area contributed by atoms with Crippen LogP contribution in [-0.4, -0.2) is 30.4 Å². The molecule has 2 rings (SSSR count). The highest BCUT2D eigenvalue weighted by molar-refractivity contribution is 7.99. The van der Waals surface area contributed by atoms with Gasteiger partial charge < -0.3 is 10.1 Å². The second-order valence-electron chi connectivity index (χ2n) is 5.83. The minimum atomic E-state index is -0.150. The molecule has 0 aliphatic rings. The van der Waals surface area contributed by atoms with Crippen LogP contribution in [0.25, 0.3) is 0 Å². The van der Waals surface area contributed by atoms with E-state index in [9.17, 15) is 9.59 Å². The summed E-state index contributed by atoms with van der Waals surface area (Å²) in [6, 6.07) is 15.0. The van der Waals surface area contributed by atoms with Crippen LogP contribution in [0, 0.1) is 0 Å². The molecule has 2 N–H and O–H groups in total. The van der Waals surface area contributed by atoms with Crippen molar-refractivity contribution in [1.82, 2.24) is 5.43 Å². The molecule has 142 valence electrons. The fraction of sp³-hybridized carbons (Fsp3) is 0.250. The van der Waals surface area contributed by atoms with E-state index < -0.39 is 0 Å². The predicted octanol–water partition coefficient (Wildman–Crippen LogP) is 3.43. The Morgan fingerprint density at radius 1 is 1.04 bits per heavy atom. The minimum absolute atomic E-state index is 0.118. The van der Waals surface area contributed by atoms with Crippen LogP contribution in [0.1, 0.15) is 25.0 Å². The first-order chi connectivity index (χ1) is 13.0. The Labute approximate surface area is 163 Å². The molecule has 0 unspecified atom stereocenters. The second-order valence-corrected chi connectivity index (χ2v) is 6.82. The maximum Gasteiger partial charge on any atom is 0.250 e. The number of anilines is 1. The number of ether oxygens (including phenoxy) is 1. The smallest absolute Gasteiger partial charge is 0.250 e. The Kier molecular flexibility index (Phi) is 7.88. The lowest BCUT2D eigenvalue weighted by Gasteiger charge is -2.06. The van der Waals surface area contributed by atoms with E-state index in [1.54, 1.807) is 19.2 Å². The number of amides is 2. The molecule has 0 saturated carbocycles. The third-order valence-corrected chi connectivity index (χ3v) is 4.64. The third-order valence-electron chi connectivity index (χ3n) is 3.63. The second kappa shape index (κ2) is 10.4. The highest BCUT2D eigenvalue weighted by atomic mass is 32.2. The van der Waals surface area contributed by atoms with Gasteiger partial charge in [0.1, 0.15) is 5.75 Å². The van der Waals surface area contributed by atoms with Crippen molar-refractivity contribution in [3.05, 3.63) is 59.7 Å². The Balaban J connectivity index is 1.78. The molecule has 0 spiro atoms. The van der Waals surface area contributed by atoms with Crippen LogP contribution in [0.2, 0.25) is 0 Å². The van der Waals surface area contributed by atoms with Gasteiger partial charge in [-0.1, -0.05) is 24.3 Å². The van der Waals surface area contributed by atoms with Crippen molar-refractivity contribution in [2.24, 2.45) is 5.10 Å². The first-order valence-electron chi connectivity index (χ1n) is 8.40. The molecule has 0 aromatic heterocycles. The third kappa shape index (κ3) is 7.15. The first kappa shape index (κ1) is 20.5. The number of thioether (sulfide) groups is 1. The fourth-order valence-electron chi connectivity index (χ4n) is 2.22. The van der Waals surface area contributed by atoms with Crippen LogP contribution in [0.4, 0.5) is 5.69 Å². The van der Waals surface area contributed by atoms with Crippen molar-refractivity contribution in [1.29, 1.82) is 0 Å². The van der Waals surface area contributed by atoms with E-state index in [-0.39, 0.29) is 11.8 Å². The number of hydrogen-bond acceptors (Lipinski definition) is 5. The molecule has 0 heterocycles. The van der Waals surface area contributed by atoms with Gasteiger partial charge in [0.15, 0.2) is 0 Å². The molecule has 6 nitrogen and oxygen atoms in total. The quantitative estimate of drug-likeness (QED) is 0.539. The molecule has 0 atom stereocenters. The molecule has 0 saturated heterocycles. The summed E-state index contributed by atoms with van der Waals surface area (Å²) >= 11 is 1.52. The van der Waals surface area contributed by atoms with Gasteiger partial charge in [-0.3, -0.25) is 9.59 Å². The Hall–Kier alpha value is -2.80. The van der Waals surface area contributed by atoms with Gasteiger partial charge in [0.05, 0.1) is 18.6 Å². The first-order valence-corrected chi connectivity index (χ1v) is 9.55. The van der Waals surface area contributed by atoms with E-state index >= 15 is 0 Å². The normalized spacial score (nSPS) is 11.0. The molecule has 0 fully saturated rings. The van der Waals surface area contributed by atoms with Crippen LogP contribution in [0.3, 0.4) is 0 Å². The van der Waals surface area contributed by atoms with Gasteiger partial charge in [0.2, 0.25) is 11.8 Å². The molecule has 7 heteroatoms. The number of benzene rings is 2. The maximum absolute atomic E-state index is 11.9. The van der Waals surface area contributed by atoms with Crippen LogP contribution < -0.4 is 15.5 Å². The lowest BCUT2D eigenvalue weighted by molar-refractivity contribution is -0.118. The zero-order valence-electron chi connectivity index (χ0n) is 15.6. The van der Waals surface area contributed by atoms with Crippen molar-refractivity contribution in [3.8, 4) is 5.75 Å². The van der Waals surface area contributed by atoms with E-state index in [2.05, 4.69) is 15.8 Å². The summed E-state index contributed by atoms with van der Waals surface area (Å²) in [5.74, 6) is 1.61. The number of rotatable bonds is 8. The molecule has 2 amide bonds.